The molecule has 0 saturated carbocycles. The third-order valence-electron chi connectivity index (χ3n) is 4.90. The monoisotopic (exact) mass is 417 g/mol. The van der Waals surface area contributed by atoms with E-state index in [4.69, 9.17) is 0 Å². The average Bonchev–Trinajstić information content (AvgIpc) is 3.46. The van der Waals surface area contributed by atoms with Crippen molar-refractivity contribution in [2.75, 3.05) is 0 Å². The summed E-state index contributed by atoms with van der Waals surface area (Å²) in [5.41, 5.74) is 3.72. The van der Waals surface area contributed by atoms with E-state index >= 15 is 0 Å². The molecule has 4 aromatic rings. The van der Waals surface area contributed by atoms with Gasteiger partial charge in [-0.2, -0.15) is 5.10 Å². The Morgan fingerprint density at radius 3 is 2.50 bits per heavy atom. The molecular weight excluding hydrogens is 394 g/mol. The van der Waals surface area contributed by atoms with Crippen molar-refractivity contribution in [3.05, 3.63) is 89.5 Å². The molecule has 1 N–H and O–H groups in total. The molecule has 6 nitrogen and oxygen atoms in total. The summed E-state index contributed by atoms with van der Waals surface area (Å²) in [6.45, 7) is 4.83. The van der Waals surface area contributed by atoms with Crippen LogP contribution in [0.25, 0.3) is 10.6 Å². The smallest absolute Gasteiger partial charge is 0.271 e. The van der Waals surface area contributed by atoms with Gasteiger partial charge < -0.3 is 5.32 Å². The fourth-order valence-corrected chi connectivity index (χ4v) is 3.99. The van der Waals surface area contributed by atoms with Crippen molar-refractivity contribution in [2.45, 2.75) is 32.4 Å². The number of hydrogen-bond acceptors (Lipinski definition) is 5. The zero-order valence-corrected chi connectivity index (χ0v) is 17.7. The maximum absolute atomic E-state index is 12.9. The summed E-state index contributed by atoms with van der Waals surface area (Å²) < 4.78 is 1.71. The second-order valence-electron chi connectivity index (χ2n) is 7.37. The molecule has 4 rings (SSSR count). The summed E-state index contributed by atoms with van der Waals surface area (Å²) in [5.74, 6) is 0.279. The summed E-state index contributed by atoms with van der Waals surface area (Å²) in [4.78, 5) is 21.5. The third-order valence-corrected chi connectivity index (χ3v) is 5.80. The molecule has 0 radical (unpaired) electrons. The van der Waals surface area contributed by atoms with Gasteiger partial charge in [0.25, 0.3) is 5.91 Å². The predicted octanol–water partition coefficient (Wildman–Crippen LogP) is 4.70. The number of aromatic nitrogens is 4. The summed E-state index contributed by atoms with van der Waals surface area (Å²) in [6.07, 6.45) is 3.13. The van der Waals surface area contributed by atoms with E-state index in [2.05, 4.69) is 58.5 Å². The van der Waals surface area contributed by atoms with Gasteiger partial charge in [-0.1, -0.05) is 68.4 Å². The van der Waals surface area contributed by atoms with Crippen molar-refractivity contribution in [3.63, 3.8) is 0 Å². The van der Waals surface area contributed by atoms with Crippen LogP contribution in [-0.4, -0.2) is 25.7 Å². The Hall–Kier alpha value is -3.32. The molecule has 0 aliphatic rings. The van der Waals surface area contributed by atoms with E-state index in [-0.39, 0.29) is 11.9 Å². The zero-order valence-electron chi connectivity index (χ0n) is 16.9. The average molecular weight is 418 g/mol. The lowest BCUT2D eigenvalue weighted by atomic mass is 10.0. The topological polar surface area (TPSA) is 72.7 Å². The molecule has 0 saturated heterocycles. The predicted molar refractivity (Wildman–Crippen MR) is 118 cm³/mol. The van der Waals surface area contributed by atoms with Crippen LogP contribution in [0.3, 0.4) is 0 Å². The van der Waals surface area contributed by atoms with E-state index in [1.54, 1.807) is 16.4 Å². The number of nitrogens with one attached hydrogen (secondary N) is 1. The molecule has 0 spiro atoms. The Labute approximate surface area is 179 Å². The Bertz CT molecular complexity index is 1090. The van der Waals surface area contributed by atoms with Crippen LogP contribution < -0.4 is 5.32 Å². The SMILES string of the molecule is CC(C)c1ccc(-c2nc(C(=O)NC(Cn3cncn3)c3ccccc3)cs2)cc1. The van der Waals surface area contributed by atoms with Gasteiger partial charge >= 0.3 is 0 Å². The lowest BCUT2D eigenvalue weighted by molar-refractivity contribution is 0.0927. The lowest BCUT2D eigenvalue weighted by Crippen LogP contribution is -2.31. The number of rotatable bonds is 7. The minimum absolute atomic E-state index is 0.203. The summed E-state index contributed by atoms with van der Waals surface area (Å²) in [7, 11) is 0. The van der Waals surface area contributed by atoms with Gasteiger partial charge in [0.15, 0.2) is 0 Å². The first kappa shape index (κ1) is 20.0. The van der Waals surface area contributed by atoms with Crippen LogP contribution in [0.1, 0.15) is 47.4 Å². The van der Waals surface area contributed by atoms with Crippen LogP contribution in [0.4, 0.5) is 0 Å². The lowest BCUT2D eigenvalue weighted by Gasteiger charge is -2.18. The van der Waals surface area contributed by atoms with Crippen molar-refractivity contribution in [2.24, 2.45) is 0 Å². The number of thiazole rings is 1. The molecule has 0 bridgehead atoms. The first-order chi connectivity index (χ1) is 14.6. The van der Waals surface area contributed by atoms with E-state index in [9.17, 15) is 4.79 Å². The highest BCUT2D eigenvalue weighted by molar-refractivity contribution is 7.13. The Morgan fingerprint density at radius 2 is 1.83 bits per heavy atom. The molecule has 152 valence electrons. The van der Waals surface area contributed by atoms with E-state index < -0.39 is 0 Å². The fourth-order valence-electron chi connectivity index (χ4n) is 3.19. The normalized spacial score (nSPS) is 12.1. The van der Waals surface area contributed by atoms with Crippen LogP contribution in [0.2, 0.25) is 0 Å². The quantitative estimate of drug-likeness (QED) is 0.473. The molecule has 0 fully saturated rings. The second-order valence-corrected chi connectivity index (χ2v) is 8.23. The van der Waals surface area contributed by atoms with E-state index in [1.165, 1.54) is 23.2 Å². The van der Waals surface area contributed by atoms with Crippen LogP contribution in [0.15, 0.2) is 72.6 Å². The molecule has 1 amide bonds. The van der Waals surface area contributed by atoms with Crippen LogP contribution in [-0.2, 0) is 6.54 Å². The fraction of sp³-hybridized carbons (Fsp3) is 0.217. The number of hydrogen-bond donors (Lipinski definition) is 1. The van der Waals surface area contributed by atoms with Gasteiger partial charge in [-0.3, -0.25) is 9.48 Å². The van der Waals surface area contributed by atoms with Crippen molar-refractivity contribution < 1.29 is 4.79 Å². The largest absolute Gasteiger partial charge is 0.342 e. The molecule has 1 unspecified atom stereocenters. The maximum atomic E-state index is 12.9. The summed E-state index contributed by atoms with van der Waals surface area (Å²) in [6, 6.07) is 18.0. The van der Waals surface area contributed by atoms with Crippen molar-refractivity contribution in [3.8, 4) is 10.6 Å². The molecule has 2 heterocycles. The number of amides is 1. The standard InChI is InChI=1S/C23H23N5OS/c1-16(2)17-8-10-19(11-9-17)23-27-21(13-30-23)22(29)26-20(12-28-15-24-14-25-28)18-6-4-3-5-7-18/h3-11,13-16,20H,12H2,1-2H3,(H,26,29). The molecule has 7 heteroatoms. The minimum atomic E-state index is -0.240. The number of benzene rings is 2. The first-order valence-corrected chi connectivity index (χ1v) is 10.7. The number of nitrogens with zero attached hydrogens (tertiary/aromatic N) is 4. The van der Waals surface area contributed by atoms with E-state index in [1.807, 2.05) is 30.3 Å². The molecule has 30 heavy (non-hydrogen) atoms. The summed E-state index contributed by atoms with van der Waals surface area (Å²) >= 11 is 1.47. The third kappa shape index (κ3) is 4.63. The molecular formula is C23H23N5OS. The van der Waals surface area contributed by atoms with Crippen LogP contribution in [0.5, 0.6) is 0 Å². The first-order valence-electron chi connectivity index (χ1n) is 9.84. The van der Waals surface area contributed by atoms with Gasteiger partial charge in [-0.05, 0) is 17.0 Å². The Morgan fingerprint density at radius 1 is 1.07 bits per heavy atom. The zero-order chi connectivity index (χ0) is 20.9. The van der Waals surface area contributed by atoms with E-state index in [0.29, 0.717) is 18.2 Å². The van der Waals surface area contributed by atoms with Gasteiger partial charge in [-0.25, -0.2) is 9.97 Å². The highest BCUT2D eigenvalue weighted by Crippen LogP contribution is 2.26. The van der Waals surface area contributed by atoms with Gasteiger partial charge in [0.05, 0.1) is 12.6 Å². The van der Waals surface area contributed by atoms with Crippen molar-refractivity contribution in [1.29, 1.82) is 0 Å². The van der Waals surface area contributed by atoms with E-state index in [0.717, 1.165) is 16.1 Å². The minimum Gasteiger partial charge on any atom is -0.342 e. The molecule has 2 aromatic heterocycles. The van der Waals surface area contributed by atoms with Crippen molar-refractivity contribution >= 4 is 17.2 Å². The molecule has 0 aliphatic heterocycles. The van der Waals surface area contributed by atoms with Gasteiger partial charge in [0, 0.05) is 10.9 Å². The maximum Gasteiger partial charge on any atom is 0.271 e. The van der Waals surface area contributed by atoms with Gasteiger partial charge in [0.1, 0.15) is 23.4 Å². The van der Waals surface area contributed by atoms with Crippen LogP contribution >= 0.6 is 11.3 Å². The number of carbonyl (C=O) groups is 1. The van der Waals surface area contributed by atoms with Gasteiger partial charge in [-0.15, -0.1) is 11.3 Å². The highest BCUT2D eigenvalue weighted by Gasteiger charge is 2.19. The van der Waals surface area contributed by atoms with Crippen molar-refractivity contribution in [1.82, 2.24) is 25.1 Å². The van der Waals surface area contributed by atoms with Crippen LogP contribution in [0, 0.1) is 0 Å². The van der Waals surface area contributed by atoms with Gasteiger partial charge in [0.2, 0.25) is 0 Å². The molecule has 0 aliphatic carbocycles. The Balaban J connectivity index is 1.51. The molecule has 2 aromatic carbocycles. The second kappa shape index (κ2) is 9.00. The Kier molecular flexibility index (Phi) is 5.99. The highest BCUT2D eigenvalue weighted by atomic mass is 32.1. The molecule has 1 atom stereocenters. The summed E-state index contributed by atoms with van der Waals surface area (Å²) in [5, 5.41) is 9.90. The number of carbonyl (C=O) groups excluding carboxylic acids is 1.